The van der Waals surface area contributed by atoms with E-state index in [1.54, 1.807) is 31.2 Å². The molecule has 0 saturated heterocycles. The van der Waals surface area contributed by atoms with E-state index in [1.165, 1.54) is 11.8 Å². The van der Waals surface area contributed by atoms with Crippen LogP contribution in [0.4, 0.5) is 11.4 Å². The zero-order chi connectivity index (χ0) is 23.4. The molecule has 0 fully saturated rings. The second-order valence-electron chi connectivity index (χ2n) is 7.53. The van der Waals surface area contributed by atoms with Gasteiger partial charge in [0, 0.05) is 11.4 Å². The second-order valence-corrected chi connectivity index (χ2v) is 7.53. The molecule has 9 heteroatoms. The third-order valence-electron chi connectivity index (χ3n) is 5.00. The van der Waals surface area contributed by atoms with Crippen LogP contribution in [0.2, 0.25) is 0 Å². The molecule has 0 radical (unpaired) electrons. The van der Waals surface area contributed by atoms with E-state index >= 15 is 0 Å². The number of hydrogen-bond donors (Lipinski definition) is 2. The minimum absolute atomic E-state index is 0.118. The first-order chi connectivity index (χ1) is 15.2. The molecule has 2 N–H and O–H groups in total. The van der Waals surface area contributed by atoms with Crippen molar-refractivity contribution in [3.63, 3.8) is 0 Å². The topological polar surface area (TPSA) is 115 Å². The zero-order valence-electron chi connectivity index (χ0n) is 18.6. The number of carbonyl (C=O) groups is 3. The Labute approximate surface area is 185 Å². The van der Waals surface area contributed by atoms with Gasteiger partial charge < -0.3 is 15.4 Å². The Morgan fingerprint density at radius 3 is 2.19 bits per heavy atom. The monoisotopic (exact) mass is 435 g/mol. The minimum atomic E-state index is -0.456. The predicted octanol–water partition coefficient (Wildman–Crippen LogP) is 3.19. The van der Waals surface area contributed by atoms with Crippen LogP contribution in [-0.4, -0.2) is 39.9 Å². The fourth-order valence-corrected chi connectivity index (χ4v) is 3.41. The van der Waals surface area contributed by atoms with Gasteiger partial charge in [0.1, 0.15) is 6.54 Å². The summed E-state index contributed by atoms with van der Waals surface area (Å²) >= 11 is 0. The highest BCUT2D eigenvalue weighted by molar-refractivity contribution is 6.04. The van der Waals surface area contributed by atoms with Crippen LogP contribution < -0.4 is 10.6 Å². The molecule has 3 aromatic rings. The Morgan fingerprint density at radius 1 is 0.969 bits per heavy atom. The molecule has 0 aliphatic rings. The van der Waals surface area contributed by atoms with Crippen molar-refractivity contribution in [3.8, 4) is 0 Å². The fraction of sp³-hybridized carbons (Fsp3) is 0.261. The summed E-state index contributed by atoms with van der Waals surface area (Å²) in [5.74, 6) is -1.19. The molecule has 9 nitrogen and oxygen atoms in total. The molecule has 2 aromatic carbocycles. The summed E-state index contributed by atoms with van der Waals surface area (Å²) < 4.78 is 6.01. The van der Waals surface area contributed by atoms with E-state index in [0.29, 0.717) is 16.9 Å². The maximum absolute atomic E-state index is 12.8. The van der Waals surface area contributed by atoms with Crippen molar-refractivity contribution in [2.24, 2.45) is 0 Å². The average Bonchev–Trinajstić information content (AvgIpc) is 3.10. The van der Waals surface area contributed by atoms with Crippen LogP contribution in [0.15, 0.2) is 36.4 Å². The zero-order valence-corrected chi connectivity index (χ0v) is 18.6. The second kappa shape index (κ2) is 9.42. The first-order valence-corrected chi connectivity index (χ1v) is 9.97. The van der Waals surface area contributed by atoms with Crippen LogP contribution in [0.5, 0.6) is 0 Å². The number of esters is 1. The summed E-state index contributed by atoms with van der Waals surface area (Å²) in [4.78, 5) is 36.7. The van der Waals surface area contributed by atoms with E-state index in [-0.39, 0.29) is 24.1 Å². The van der Waals surface area contributed by atoms with Gasteiger partial charge >= 0.3 is 5.97 Å². The van der Waals surface area contributed by atoms with Crippen LogP contribution in [0, 0.1) is 27.7 Å². The molecule has 0 saturated carbocycles. The number of nitrogens with zero attached hydrogens (tertiary/aromatic N) is 3. The largest absolute Gasteiger partial charge is 0.465 e. The van der Waals surface area contributed by atoms with Crippen molar-refractivity contribution in [1.82, 2.24) is 15.0 Å². The third-order valence-corrected chi connectivity index (χ3v) is 5.00. The van der Waals surface area contributed by atoms with Crippen LogP contribution >= 0.6 is 0 Å². The van der Waals surface area contributed by atoms with E-state index in [1.807, 2.05) is 32.9 Å². The molecule has 0 bridgehead atoms. The van der Waals surface area contributed by atoms with Gasteiger partial charge in [0.2, 0.25) is 5.91 Å². The van der Waals surface area contributed by atoms with E-state index in [9.17, 15) is 14.4 Å². The highest BCUT2D eigenvalue weighted by Gasteiger charge is 2.19. The van der Waals surface area contributed by atoms with Gasteiger partial charge in [0.25, 0.3) is 5.91 Å². The van der Waals surface area contributed by atoms with Crippen molar-refractivity contribution in [1.29, 1.82) is 0 Å². The van der Waals surface area contributed by atoms with Gasteiger partial charge in [-0.15, -0.1) is 5.10 Å². The normalized spacial score (nSPS) is 10.5. The Morgan fingerprint density at radius 2 is 1.59 bits per heavy atom. The lowest BCUT2D eigenvalue weighted by Crippen LogP contribution is -2.21. The van der Waals surface area contributed by atoms with Crippen LogP contribution in [0.1, 0.15) is 43.2 Å². The van der Waals surface area contributed by atoms with E-state index in [4.69, 9.17) is 0 Å². The summed E-state index contributed by atoms with van der Waals surface area (Å²) in [6.45, 7) is 7.43. The molecule has 0 unspecified atom stereocenters. The minimum Gasteiger partial charge on any atom is -0.465 e. The maximum atomic E-state index is 12.8. The highest BCUT2D eigenvalue weighted by Crippen LogP contribution is 2.22. The summed E-state index contributed by atoms with van der Waals surface area (Å²) in [7, 11) is 1.30. The lowest BCUT2D eigenvalue weighted by Gasteiger charge is -2.12. The SMILES string of the molecule is COC(=O)c1ccc(NC(=O)Cn2nnc(C(=O)Nc3c(C)cc(C)cc3C)c2C)cc1. The maximum Gasteiger partial charge on any atom is 0.337 e. The summed E-state index contributed by atoms with van der Waals surface area (Å²) in [5.41, 5.74) is 5.29. The van der Waals surface area contributed by atoms with Crippen molar-refractivity contribution in [2.45, 2.75) is 34.2 Å². The van der Waals surface area contributed by atoms with Gasteiger partial charge in [-0.2, -0.15) is 0 Å². The van der Waals surface area contributed by atoms with Crippen molar-refractivity contribution >= 4 is 29.2 Å². The van der Waals surface area contributed by atoms with Crippen LogP contribution in [0.25, 0.3) is 0 Å². The number of methoxy groups -OCH3 is 1. The lowest BCUT2D eigenvalue weighted by molar-refractivity contribution is -0.117. The first kappa shape index (κ1) is 22.7. The van der Waals surface area contributed by atoms with Gasteiger partial charge in [-0.05, 0) is 63.1 Å². The molecule has 0 atom stereocenters. The number of anilines is 2. The fourth-order valence-electron chi connectivity index (χ4n) is 3.41. The van der Waals surface area contributed by atoms with Crippen molar-refractivity contribution in [3.05, 3.63) is 70.0 Å². The Kier molecular flexibility index (Phi) is 6.67. The molecular weight excluding hydrogens is 410 g/mol. The molecule has 0 aliphatic heterocycles. The summed E-state index contributed by atoms with van der Waals surface area (Å²) in [6, 6.07) is 10.3. The molecule has 3 rings (SSSR count). The lowest BCUT2D eigenvalue weighted by atomic mass is 10.0. The molecule has 1 aromatic heterocycles. The number of benzene rings is 2. The van der Waals surface area contributed by atoms with Crippen molar-refractivity contribution in [2.75, 3.05) is 17.7 Å². The Bertz CT molecular complexity index is 1160. The number of amides is 2. The van der Waals surface area contributed by atoms with Gasteiger partial charge in [-0.3, -0.25) is 9.59 Å². The number of aromatic nitrogens is 3. The predicted molar refractivity (Wildman–Crippen MR) is 120 cm³/mol. The summed E-state index contributed by atoms with van der Waals surface area (Å²) in [5, 5.41) is 13.5. The molecule has 166 valence electrons. The summed E-state index contributed by atoms with van der Waals surface area (Å²) in [6.07, 6.45) is 0. The smallest absolute Gasteiger partial charge is 0.337 e. The molecule has 2 amide bonds. The number of rotatable bonds is 6. The number of carbonyl (C=O) groups excluding carboxylic acids is 3. The van der Waals surface area contributed by atoms with Gasteiger partial charge in [-0.25, -0.2) is 9.48 Å². The van der Waals surface area contributed by atoms with Gasteiger partial charge in [-0.1, -0.05) is 22.9 Å². The third kappa shape index (κ3) is 5.00. The van der Waals surface area contributed by atoms with E-state index in [2.05, 4.69) is 25.7 Å². The van der Waals surface area contributed by atoms with Crippen LogP contribution in [0.3, 0.4) is 0 Å². The average molecular weight is 435 g/mol. The quantitative estimate of drug-likeness (QED) is 0.575. The standard InChI is InChI=1S/C23H25N5O4/c1-13-10-14(2)20(15(3)11-13)25-22(30)21-16(4)28(27-26-21)12-19(29)24-18-8-6-17(7-9-18)23(31)32-5/h6-11H,12H2,1-5H3,(H,24,29)(H,25,30). The molecule has 1 heterocycles. The van der Waals surface area contributed by atoms with E-state index in [0.717, 1.165) is 22.4 Å². The highest BCUT2D eigenvalue weighted by atomic mass is 16.5. The van der Waals surface area contributed by atoms with Crippen LogP contribution in [-0.2, 0) is 16.1 Å². The molecule has 32 heavy (non-hydrogen) atoms. The molecule has 0 aliphatic carbocycles. The number of ether oxygens (including phenoxy) is 1. The van der Waals surface area contributed by atoms with Gasteiger partial charge in [0.15, 0.2) is 5.69 Å². The van der Waals surface area contributed by atoms with E-state index < -0.39 is 5.97 Å². The Hall–Kier alpha value is -4.01. The van der Waals surface area contributed by atoms with Gasteiger partial charge in [0.05, 0.1) is 18.4 Å². The molecular formula is C23H25N5O4. The number of aryl methyl sites for hydroxylation is 3. The number of hydrogen-bond acceptors (Lipinski definition) is 6. The first-order valence-electron chi connectivity index (χ1n) is 9.97. The number of nitrogens with one attached hydrogen (secondary N) is 2. The van der Waals surface area contributed by atoms with Crippen molar-refractivity contribution < 1.29 is 19.1 Å². The Balaban J connectivity index is 1.67. The molecule has 0 spiro atoms.